The summed E-state index contributed by atoms with van der Waals surface area (Å²) in [6.45, 7) is 0.715. The maximum atomic E-state index is 13.3. The number of hydrogen-bond donors (Lipinski definition) is 1. The van der Waals surface area contributed by atoms with Gasteiger partial charge < -0.3 is 10.1 Å². The van der Waals surface area contributed by atoms with Gasteiger partial charge in [-0.1, -0.05) is 54.1 Å². The van der Waals surface area contributed by atoms with Gasteiger partial charge in [-0.2, -0.15) is 5.10 Å². The summed E-state index contributed by atoms with van der Waals surface area (Å²) in [7, 11) is 1.57. The Morgan fingerprint density at radius 2 is 1.85 bits per heavy atom. The Morgan fingerprint density at radius 3 is 2.55 bits per heavy atom. The third-order valence-corrected chi connectivity index (χ3v) is 6.44. The molecule has 0 unspecified atom stereocenters. The molecule has 1 heterocycles. The Labute approximate surface area is 198 Å². The largest absolute Gasteiger partial charge is 0.383 e. The molecule has 6 nitrogen and oxygen atoms in total. The van der Waals surface area contributed by atoms with Crippen LogP contribution in [0, 0.1) is 0 Å². The van der Waals surface area contributed by atoms with Crippen molar-refractivity contribution in [2.75, 3.05) is 20.3 Å². The van der Waals surface area contributed by atoms with Gasteiger partial charge >= 0.3 is 0 Å². The van der Waals surface area contributed by atoms with Crippen LogP contribution < -0.4 is 10.9 Å². The van der Waals surface area contributed by atoms with Crippen LogP contribution in [0.4, 0.5) is 0 Å². The van der Waals surface area contributed by atoms with Crippen LogP contribution in [0.15, 0.2) is 65.5 Å². The van der Waals surface area contributed by atoms with Crippen LogP contribution in [0.3, 0.4) is 0 Å². The van der Waals surface area contributed by atoms with Crippen LogP contribution in [0.5, 0.6) is 0 Å². The summed E-state index contributed by atoms with van der Waals surface area (Å²) in [4.78, 5) is 26.1. The first-order chi connectivity index (χ1) is 16.1. The minimum absolute atomic E-state index is 0.0536. The van der Waals surface area contributed by atoms with Crippen LogP contribution >= 0.6 is 11.6 Å². The fourth-order valence-corrected chi connectivity index (χ4v) is 4.65. The number of halogens is 1. The number of nitrogens with zero attached hydrogens (tertiary/aromatic N) is 2. The molecular weight excluding hydrogens is 438 g/mol. The van der Waals surface area contributed by atoms with Crippen molar-refractivity contribution in [2.45, 2.75) is 37.6 Å². The molecule has 1 aliphatic rings. The van der Waals surface area contributed by atoms with E-state index < -0.39 is 5.91 Å². The zero-order valence-corrected chi connectivity index (χ0v) is 19.4. The monoisotopic (exact) mass is 465 g/mol. The summed E-state index contributed by atoms with van der Waals surface area (Å²) < 4.78 is 6.54. The summed E-state index contributed by atoms with van der Waals surface area (Å²) in [6.07, 6.45) is 3.49. The number of methoxy groups -OCH3 is 1. The minimum atomic E-state index is -0.405. The summed E-state index contributed by atoms with van der Waals surface area (Å²) in [5.74, 6) is 0.00256. The second-order valence-corrected chi connectivity index (χ2v) is 8.80. The van der Waals surface area contributed by atoms with Gasteiger partial charge in [0.1, 0.15) is 5.56 Å². The van der Waals surface area contributed by atoms with E-state index >= 15 is 0 Å². The number of nitrogens with one attached hydrogen (secondary N) is 1. The van der Waals surface area contributed by atoms with Crippen molar-refractivity contribution in [1.82, 2.24) is 15.1 Å². The zero-order valence-electron chi connectivity index (χ0n) is 18.7. The molecule has 1 saturated carbocycles. The molecule has 33 heavy (non-hydrogen) atoms. The molecule has 1 aromatic heterocycles. The molecule has 1 fully saturated rings. The zero-order chi connectivity index (χ0) is 23.2. The standard InChI is InChI=1S/C26H28ClN3O3/c1-33-15-14-28-25(31)23-17-24(19-6-3-2-4-7-19)29-30(26(23)32)22-12-10-18(11-13-22)20-8-5-9-21(27)16-20/h2-9,16-18,22H,10-15H2,1H3,(H,28,31)/t18-,22-. The molecule has 1 aliphatic carbocycles. The number of carbonyl (C=O) groups is 1. The van der Waals surface area contributed by atoms with E-state index in [4.69, 9.17) is 21.4 Å². The van der Waals surface area contributed by atoms with E-state index in [1.807, 2.05) is 48.5 Å². The molecule has 0 saturated heterocycles. The molecule has 0 bridgehead atoms. The maximum absolute atomic E-state index is 13.3. The number of carbonyl (C=O) groups excluding carboxylic acids is 1. The Balaban J connectivity index is 1.62. The number of rotatable bonds is 7. The lowest BCUT2D eigenvalue weighted by Crippen LogP contribution is -2.38. The quantitative estimate of drug-likeness (QED) is 0.507. The van der Waals surface area contributed by atoms with E-state index in [1.165, 1.54) is 10.2 Å². The van der Waals surface area contributed by atoms with Crippen LogP contribution in [0.2, 0.25) is 5.02 Å². The van der Waals surface area contributed by atoms with E-state index in [-0.39, 0.29) is 17.2 Å². The first-order valence-corrected chi connectivity index (χ1v) is 11.7. The first kappa shape index (κ1) is 23.2. The molecule has 1 amide bonds. The van der Waals surface area contributed by atoms with Gasteiger partial charge in [-0.25, -0.2) is 4.68 Å². The van der Waals surface area contributed by atoms with E-state index in [2.05, 4.69) is 11.4 Å². The smallest absolute Gasteiger partial charge is 0.279 e. The fraction of sp³-hybridized carbons (Fsp3) is 0.346. The van der Waals surface area contributed by atoms with Crippen molar-refractivity contribution in [2.24, 2.45) is 0 Å². The number of ether oxygens (including phenoxy) is 1. The highest BCUT2D eigenvalue weighted by Crippen LogP contribution is 2.38. The number of hydrogen-bond acceptors (Lipinski definition) is 4. The first-order valence-electron chi connectivity index (χ1n) is 11.3. The second-order valence-electron chi connectivity index (χ2n) is 8.37. The highest BCUT2D eigenvalue weighted by atomic mass is 35.5. The third-order valence-electron chi connectivity index (χ3n) is 6.20. The number of aromatic nitrogens is 2. The Hall–Kier alpha value is -2.96. The third kappa shape index (κ3) is 5.52. The average Bonchev–Trinajstić information content (AvgIpc) is 2.85. The lowest BCUT2D eigenvalue weighted by atomic mass is 9.82. The Bertz CT molecular complexity index is 1150. The van der Waals surface area contributed by atoms with Gasteiger partial charge in [0, 0.05) is 24.2 Å². The predicted molar refractivity (Wildman–Crippen MR) is 130 cm³/mol. The SMILES string of the molecule is COCCNC(=O)c1cc(-c2ccccc2)nn([C@H]2CC[C@H](c3cccc(Cl)c3)CC2)c1=O. The summed E-state index contributed by atoms with van der Waals surface area (Å²) >= 11 is 6.18. The molecule has 0 radical (unpaired) electrons. The summed E-state index contributed by atoms with van der Waals surface area (Å²) in [5, 5.41) is 8.20. The van der Waals surface area contributed by atoms with Crippen molar-refractivity contribution >= 4 is 17.5 Å². The van der Waals surface area contributed by atoms with E-state index in [9.17, 15) is 9.59 Å². The van der Waals surface area contributed by atoms with E-state index in [0.29, 0.717) is 24.8 Å². The van der Waals surface area contributed by atoms with Gasteiger partial charge in [0.15, 0.2) is 0 Å². The highest BCUT2D eigenvalue weighted by molar-refractivity contribution is 6.30. The van der Waals surface area contributed by atoms with Crippen molar-refractivity contribution in [3.63, 3.8) is 0 Å². The van der Waals surface area contributed by atoms with Gasteiger partial charge in [-0.15, -0.1) is 0 Å². The van der Waals surface area contributed by atoms with Gasteiger partial charge in [0.25, 0.3) is 11.5 Å². The molecule has 1 N–H and O–H groups in total. The fourth-order valence-electron chi connectivity index (χ4n) is 4.45. The van der Waals surface area contributed by atoms with Gasteiger partial charge in [-0.3, -0.25) is 9.59 Å². The molecule has 0 atom stereocenters. The summed E-state index contributed by atoms with van der Waals surface area (Å²) in [6, 6.07) is 19.2. The molecule has 172 valence electrons. The number of amides is 1. The maximum Gasteiger partial charge on any atom is 0.279 e. The molecule has 0 aliphatic heterocycles. The van der Waals surface area contributed by atoms with Crippen LogP contribution in [0.25, 0.3) is 11.3 Å². The Kier molecular flexibility index (Phi) is 7.57. The second kappa shape index (κ2) is 10.8. The van der Waals surface area contributed by atoms with Gasteiger partial charge in [0.2, 0.25) is 0 Å². The molecule has 4 rings (SSSR count). The van der Waals surface area contributed by atoms with Crippen molar-refractivity contribution in [3.05, 3.63) is 87.2 Å². The molecule has 3 aromatic rings. The lowest BCUT2D eigenvalue weighted by molar-refractivity contribution is 0.0934. The molecule has 2 aromatic carbocycles. The Morgan fingerprint density at radius 1 is 1.09 bits per heavy atom. The van der Waals surface area contributed by atoms with Crippen molar-refractivity contribution in [3.8, 4) is 11.3 Å². The van der Waals surface area contributed by atoms with E-state index in [1.54, 1.807) is 13.2 Å². The van der Waals surface area contributed by atoms with Crippen LogP contribution in [0.1, 0.15) is 53.6 Å². The van der Waals surface area contributed by atoms with Crippen molar-refractivity contribution in [1.29, 1.82) is 0 Å². The predicted octanol–water partition coefficient (Wildman–Crippen LogP) is 4.84. The minimum Gasteiger partial charge on any atom is -0.383 e. The van der Waals surface area contributed by atoms with Gasteiger partial charge in [0.05, 0.1) is 18.3 Å². The molecule has 7 heteroatoms. The van der Waals surface area contributed by atoms with Gasteiger partial charge in [-0.05, 0) is 55.4 Å². The topological polar surface area (TPSA) is 73.2 Å². The molecule has 0 spiro atoms. The average molecular weight is 466 g/mol. The van der Waals surface area contributed by atoms with Crippen molar-refractivity contribution < 1.29 is 9.53 Å². The highest BCUT2D eigenvalue weighted by Gasteiger charge is 2.27. The van der Waals surface area contributed by atoms with E-state index in [0.717, 1.165) is 36.3 Å². The van der Waals surface area contributed by atoms with Crippen LogP contribution in [-0.2, 0) is 4.74 Å². The summed E-state index contributed by atoms with van der Waals surface area (Å²) in [5.41, 5.74) is 2.47. The number of benzene rings is 2. The van der Waals surface area contributed by atoms with Crippen LogP contribution in [-0.4, -0.2) is 35.9 Å². The lowest BCUT2D eigenvalue weighted by Gasteiger charge is -2.29. The normalized spacial score (nSPS) is 18.1. The molecular formula is C26H28ClN3O3.